The quantitative estimate of drug-likeness (QED) is 0.403. The molecule has 1 fully saturated rings. The minimum Gasteiger partial charge on any atom is -0.0880 e. The van der Waals surface area contributed by atoms with Crippen LogP contribution >= 0.6 is 0 Å². The van der Waals surface area contributed by atoms with Gasteiger partial charge in [-0.1, -0.05) is 12.2 Å². The molecule has 1 saturated carbocycles. The van der Waals surface area contributed by atoms with Gasteiger partial charge in [-0.25, -0.2) is 0 Å². The molecule has 0 N–H and O–H groups in total. The van der Waals surface area contributed by atoms with Gasteiger partial charge in [0.05, 0.1) is 0 Å². The molecule has 0 aromatic heterocycles. The molecular weight excluding hydrogens is 84.1 g/mol. The summed E-state index contributed by atoms with van der Waals surface area (Å²) in [7, 11) is 0. The fourth-order valence-corrected chi connectivity index (χ4v) is 1.40. The molecule has 0 nitrogen and oxygen atoms in total. The minimum atomic E-state index is 0.139. The Hall–Kier alpha value is -0.260. The van der Waals surface area contributed by atoms with Gasteiger partial charge in [-0.3, -0.25) is 0 Å². The molecule has 0 aromatic carbocycles. The van der Waals surface area contributed by atoms with Gasteiger partial charge in [0.25, 0.3) is 0 Å². The molecule has 0 spiro atoms. The van der Waals surface area contributed by atoms with Crippen molar-refractivity contribution >= 4 is 0 Å². The van der Waals surface area contributed by atoms with E-state index in [1.54, 1.807) is 0 Å². The van der Waals surface area contributed by atoms with Crippen molar-refractivity contribution in [1.29, 1.82) is 0 Å². The van der Waals surface area contributed by atoms with E-state index >= 15 is 0 Å². The minimum absolute atomic E-state index is 0.139. The Labute approximate surface area is 45.6 Å². The summed E-state index contributed by atoms with van der Waals surface area (Å²) < 4.78 is 7.43. The van der Waals surface area contributed by atoms with Gasteiger partial charge in [0.1, 0.15) is 0 Å². The maximum absolute atomic E-state index is 7.43. The van der Waals surface area contributed by atoms with Crippen LogP contribution in [0.1, 0.15) is 20.6 Å². The first-order valence-electron chi connectivity index (χ1n) is 3.54. The molecular formula is C7H10. The Balaban J connectivity index is 2.19. The zero-order chi connectivity index (χ0) is 5.56. The van der Waals surface area contributed by atoms with Crippen LogP contribution in [0, 0.1) is 11.8 Å². The van der Waals surface area contributed by atoms with E-state index in [-0.39, 0.29) is 6.40 Å². The summed E-state index contributed by atoms with van der Waals surface area (Å²) in [6.45, 7) is 0. The molecule has 0 heterocycles. The molecule has 3 aliphatic carbocycles. The van der Waals surface area contributed by atoms with E-state index in [9.17, 15) is 0 Å². The van der Waals surface area contributed by atoms with Crippen LogP contribution < -0.4 is 0 Å². The summed E-state index contributed by atoms with van der Waals surface area (Å²) >= 11 is 0. The standard InChI is InChI=1S/C7H10/c1-2-6-4-7(3-1)5-6/h1-2,6-7H,3-5H2/i3D/t3-,6?,7?/m0/s1. The van der Waals surface area contributed by atoms with E-state index in [4.69, 9.17) is 1.37 Å². The predicted molar refractivity (Wildman–Crippen MR) is 30.0 cm³/mol. The van der Waals surface area contributed by atoms with Gasteiger partial charge in [-0.15, -0.1) is 0 Å². The molecule has 0 aromatic rings. The first-order valence-corrected chi connectivity index (χ1v) is 2.97. The summed E-state index contributed by atoms with van der Waals surface area (Å²) in [4.78, 5) is 0. The van der Waals surface area contributed by atoms with Crippen molar-refractivity contribution in [3.63, 3.8) is 0 Å². The Kier molecular flexibility index (Phi) is 0.464. The third-order valence-electron chi connectivity index (χ3n) is 1.98. The van der Waals surface area contributed by atoms with Gasteiger partial charge in [0.15, 0.2) is 0 Å². The number of rotatable bonds is 0. The van der Waals surface area contributed by atoms with Crippen molar-refractivity contribution in [2.75, 3.05) is 0 Å². The second-order valence-corrected chi connectivity index (χ2v) is 2.57. The maximum Gasteiger partial charge on any atom is 0.0312 e. The van der Waals surface area contributed by atoms with Crippen LogP contribution in [-0.4, -0.2) is 0 Å². The van der Waals surface area contributed by atoms with Crippen molar-refractivity contribution in [2.24, 2.45) is 11.8 Å². The molecule has 7 heavy (non-hydrogen) atoms. The van der Waals surface area contributed by atoms with Crippen LogP contribution in [0.2, 0.25) is 0 Å². The van der Waals surface area contributed by atoms with Crippen LogP contribution in [0.4, 0.5) is 0 Å². The van der Waals surface area contributed by atoms with Crippen molar-refractivity contribution in [2.45, 2.75) is 19.2 Å². The van der Waals surface area contributed by atoms with Gasteiger partial charge in [0, 0.05) is 1.37 Å². The summed E-state index contributed by atoms with van der Waals surface area (Å²) in [5.74, 6) is 1.59. The maximum atomic E-state index is 7.43. The second-order valence-electron chi connectivity index (χ2n) is 2.57. The summed E-state index contributed by atoms with van der Waals surface area (Å²) in [6.07, 6.45) is 6.98. The van der Waals surface area contributed by atoms with Crippen LogP contribution in [0.3, 0.4) is 0 Å². The zero-order valence-corrected chi connectivity index (χ0v) is 4.30. The summed E-state index contributed by atoms with van der Waals surface area (Å²) in [5, 5.41) is 0. The SMILES string of the molecule is [2H][C@H]1C=CC2CC1C2. The lowest BCUT2D eigenvalue weighted by atomic mass is 9.69. The fourth-order valence-electron chi connectivity index (χ4n) is 1.40. The molecule has 0 amide bonds. The lowest BCUT2D eigenvalue weighted by Crippen LogP contribution is -2.24. The molecule has 38 valence electrons. The van der Waals surface area contributed by atoms with Crippen LogP contribution in [-0.2, 0) is 0 Å². The highest BCUT2D eigenvalue weighted by Gasteiger charge is 2.28. The number of fused-ring (bicyclic) bond motifs is 1. The second kappa shape index (κ2) is 1.12. The van der Waals surface area contributed by atoms with E-state index in [0.717, 1.165) is 11.8 Å². The van der Waals surface area contributed by atoms with Gasteiger partial charge in [0.2, 0.25) is 0 Å². The van der Waals surface area contributed by atoms with Gasteiger partial charge >= 0.3 is 0 Å². The largest absolute Gasteiger partial charge is 0.0880 e. The monoisotopic (exact) mass is 95.1 g/mol. The van der Waals surface area contributed by atoms with Crippen LogP contribution in [0.5, 0.6) is 0 Å². The third kappa shape index (κ3) is 0.425. The molecule has 0 heteroatoms. The van der Waals surface area contributed by atoms with Crippen LogP contribution in [0.25, 0.3) is 0 Å². The van der Waals surface area contributed by atoms with Crippen molar-refractivity contribution < 1.29 is 1.37 Å². The number of hydrogen-bond acceptors (Lipinski definition) is 0. The molecule has 0 saturated heterocycles. The molecule has 0 unspecified atom stereocenters. The van der Waals surface area contributed by atoms with Gasteiger partial charge in [-0.05, 0) is 31.1 Å². The Bertz CT molecular complexity index is 122. The smallest absolute Gasteiger partial charge is 0.0312 e. The number of hydrogen-bond donors (Lipinski definition) is 0. The van der Waals surface area contributed by atoms with Crippen molar-refractivity contribution in [1.82, 2.24) is 0 Å². The van der Waals surface area contributed by atoms with E-state index in [0.29, 0.717) is 0 Å². The molecule has 0 aliphatic heterocycles. The highest BCUT2D eigenvalue weighted by Crippen LogP contribution is 2.40. The molecule has 3 aliphatic rings. The highest BCUT2D eigenvalue weighted by atomic mass is 14.3. The van der Waals surface area contributed by atoms with Gasteiger partial charge in [-0.2, -0.15) is 0 Å². The van der Waals surface area contributed by atoms with Crippen molar-refractivity contribution in [3.8, 4) is 0 Å². The Morgan fingerprint density at radius 2 is 2.43 bits per heavy atom. The molecule has 3 rings (SSSR count). The topological polar surface area (TPSA) is 0 Å². The molecule has 1 atom stereocenters. The average Bonchev–Trinajstić information content (AvgIpc) is 1.62. The molecule has 0 radical (unpaired) electrons. The summed E-state index contributed by atoms with van der Waals surface area (Å²) in [6, 6.07) is 0. The first-order chi connectivity index (χ1) is 3.86. The van der Waals surface area contributed by atoms with Crippen LogP contribution in [0.15, 0.2) is 12.2 Å². The predicted octanol–water partition coefficient (Wildman–Crippen LogP) is 1.97. The zero-order valence-electron chi connectivity index (χ0n) is 5.30. The van der Waals surface area contributed by atoms with E-state index in [2.05, 4.69) is 6.08 Å². The number of allylic oxidation sites excluding steroid dienone is 2. The Morgan fingerprint density at radius 1 is 1.57 bits per heavy atom. The lowest BCUT2D eigenvalue weighted by Gasteiger charge is -2.36. The summed E-state index contributed by atoms with van der Waals surface area (Å²) in [5.41, 5.74) is 0. The average molecular weight is 95.2 g/mol. The fraction of sp³-hybridized carbons (Fsp3) is 0.714. The Morgan fingerprint density at radius 3 is 2.71 bits per heavy atom. The lowest BCUT2D eigenvalue weighted by molar-refractivity contribution is 0.225. The van der Waals surface area contributed by atoms with E-state index < -0.39 is 0 Å². The molecule has 2 bridgehead atoms. The van der Waals surface area contributed by atoms with E-state index in [1.807, 2.05) is 6.08 Å². The first kappa shape index (κ1) is 2.91. The highest BCUT2D eigenvalue weighted by molar-refractivity contribution is 5.03. The normalized spacial score (nSPS) is 58.3. The van der Waals surface area contributed by atoms with E-state index in [1.165, 1.54) is 12.8 Å². The van der Waals surface area contributed by atoms with Gasteiger partial charge < -0.3 is 0 Å². The van der Waals surface area contributed by atoms with Crippen molar-refractivity contribution in [3.05, 3.63) is 12.2 Å². The third-order valence-corrected chi connectivity index (χ3v) is 1.98.